The fourth-order valence-electron chi connectivity index (χ4n) is 2.15. The molecule has 2 aliphatic carbocycles. The maximum Gasteiger partial charge on any atom is 0.307 e. The van der Waals surface area contributed by atoms with Gasteiger partial charge in [0.05, 0.1) is 11.8 Å². The number of amides is 1. The zero-order chi connectivity index (χ0) is 10.8. The van der Waals surface area contributed by atoms with Crippen molar-refractivity contribution in [2.24, 2.45) is 11.8 Å². The third-order valence-electron chi connectivity index (χ3n) is 3.28. The third-order valence-corrected chi connectivity index (χ3v) is 3.28. The summed E-state index contributed by atoms with van der Waals surface area (Å²) >= 11 is 0. The molecule has 0 aliphatic heterocycles. The Bertz CT molecular complexity index is 303. The molecular weight excluding hydrogens is 194 g/mol. The van der Waals surface area contributed by atoms with Crippen LogP contribution < -0.4 is 5.32 Å². The maximum absolute atomic E-state index is 11.7. The first-order chi connectivity index (χ1) is 7.18. The van der Waals surface area contributed by atoms with Crippen LogP contribution in [0.4, 0.5) is 0 Å². The fourth-order valence-corrected chi connectivity index (χ4v) is 2.15. The average molecular weight is 209 g/mol. The van der Waals surface area contributed by atoms with E-state index in [1.54, 1.807) is 0 Å². The van der Waals surface area contributed by atoms with E-state index in [0.29, 0.717) is 12.8 Å². The van der Waals surface area contributed by atoms with Crippen LogP contribution in [0.3, 0.4) is 0 Å². The van der Waals surface area contributed by atoms with Gasteiger partial charge in [0.2, 0.25) is 5.91 Å². The van der Waals surface area contributed by atoms with E-state index in [-0.39, 0.29) is 17.9 Å². The Labute approximate surface area is 88.4 Å². The maximum atomic E-state index is 11.7. The van der Waals surface area contributed by atoms with Crippen molar-refractivity contribution in [3.05, 3.63) is 12.2 Å². The van der Waals surface area contributed by atoms with Crippen LogP contribution >= 0.6 is 0 Å². The summed E-state index contributed by atoms with van der Waals surface area (Å²) in [5, 5.41) is 11.7. The molecule has 2 unspecified atom stereocenters. The highest BCUT2D eigenvalue weighted by molar-refractivity contribution is 5.86. The molecule has 0 aromatic heterocycles. The number of rotatable bonds is 3. The number of carboxylic acid groups (broad SMARTS) is 1. The van der Waals surface area contributed by atoms with Crippen molar-refractivity contribution in [1.29, 1.82) is 0 Å². The minimum atomic E-state index is -0.842. The highest BCUT2D eigenvalue weighted by Gasteiger charge is 2.41. The topological polar surface area (TPSA) is 66.4 Å². The average Bonchev–Trinajstić information content (AvgIpc) is 2.52. The standard InChI is InChI=1S/C11H15NO3/c13-10(12-7-3-1-2-4-7)8-5-6-9(8)11(14)15/h1-2,7-9H,3-6H2,(H,12,13)(H,14,15). The summed E-state index contributed by atoms with van der Waals surface area (Å²) in [4.78, 5) is 22.4. The Hall–Kier alpha value is -1.32. The molecule has 4 nitrogen and oxygen atoms in total. The van der Waals surface area contributed by atoms with Crippen molar-refractivity contribution in [2.75, 3.05) is 0 Å². The van der Waals surface area contributed by atoms with Crippen molar-refractivity contribution in [3.8, 4) is 0 Å². The van der Waals surface area contributed by atoms with Gasteiger partial charge in [0.25, 0.3) is 0 Å². The first-order valence-corrected chi connectivity index (χ1v) is 5.36. The Balaban J connectivity index is 1.83. The number of hydrogen-bond acceptors (Lipinski definition) is 2. The molecule has 2 aliphatic rings. The van der Waals surface area contributed by atoms with E-state index in [2.05, 4.69) is 5.32 Å². The summed E-state index contributed by atoms with van der Waals surface area (Å²) in [6, 6.07) is 0.188. The Morgan fingerprint density at radius 2 is 1.73 bits per heavy atom. The summed E-state index contributed by atoms with van der Waals surface area (Å²) in [6.07, 6.45) is 7.17. The summed E-state index contributed by atoms with van der Waals surface area (Å²) in [7, 11) is 0. The quantitative estimate of drug-likeness (QED) is 0.679. The summed E-state index contributed by atoms with van der Waals surface area (Å²) in [5.41, 5.74) is 0. The molecule has 1 fully saturated rings. The molecule has 15 heavy (non-hydrogen) atoms. The molecule has 0 heterocycles. The van der Waals surface area contributed by atoms with Crippen LogP contribution in [-0.4, -0.2) is 23.0 Å². The number of nitrogens with one attached hydrogen (secondary N) is 1. The number of aliphatic carboxylic acids is 1. The minimum absolute atomic E-state index is 0.0812. The highest BCUT2D eigenvalue weighted by atomic mass is 16.4. The van der Waals surface area contributed by atoms with Gasteiger partial charge < -0.3 is 10.4 Å². The van der Waals surface area contributed by atoms with Gasteiger partial charge in [-0.2, -0.15) is 0 Å². The van der Waals surface area contributed by atoms with Crippen LogP contribution in [0.5, 0.6) is 0 Å². The third kappa shape index (κ3) is 2.03. The van der Waals surface area contributed by atoms with Crippen LogP contribution in [0.15, 0.2) is 12.2 Å². The fraction of sp³-hybridized carbons (Fsp3) is 0.636. The zero-order valence-corrected chi connectivity index (χ0v) is 8.48. The molecule has 2 atom stereocenters. The first kappa shape index (κ1) is 10.2. The van der Waals surface area contributed by atoms with Gasteiger partial charge in [0.1, 0.15) is 0 Å². The van der Waals surface area contributed by atoms with Crippen LogP contribution in [0, 0.1) is 11.8 Å². The van der Waals surface area contributed by atoms with Crippen molar-refractivity contribution >= 4 is 11.9 Å². The van der Waals surface area contributed by atoms with E-state index >= 15 is 0 Å². The number of hydrogen-bond donors (Lipinski definition) is 2. The molecule has 4 heteroatoms. The highest BCUT2D eigenvalue weighted by Crippen LogP contribution is 2.34. The smallest absolute Gasteiger partial charge is 0.307 e. The second-order valence-electron chi connectivity index (χ2n) is 4.28. The van der Waals surface area contributed by atoms with Gasteiger partial charge in [0, 0.05) is 6.04 Å². The Kier molecular flexibility index (Phi) is 2.75. The van der Waals surface area contributed by atoms with Gasteiger partial charge in [-0.15, -0.1) is 0 Å². The van der Waals surface area contributed by atoms with Gasteiger partial charge in [-0.05, 0) is 25.7 Å². The van der Waals surface area contributed by atoms with Gasteiger partial charge in [-0.1, -0.05) is 12.2 Å². The molecule has 2 N–H and O–H groups in total. The number of carbonyl (C=O) groups is 2. The molecule has 1 amide bonds. The lowest BCUT2D eigenvalue weighted by Crippen LogP contribution is -2.46. The van der Waals surface area contributed by atoms with Crippen molar-refractivity contribution in [1.82, 2.24) is 5.32 Å². The monoisotopic (exact) mass is 209 g/mol. The van der Waals surface area contributed by atoms with Crippen LogP contribution in [0.25, 0.3) is 0 Å². The number of carbonyl (C=O) groups excluding carboxylic acids is 1. The van der Waals surface area contributed by atoms with E-state index in [0.717, 1.165) is 12.8 Å². The van der Waals surface area contributed by atoms with Crippen LogP contribution in [0.1, 0.15) is 25.7 Å². The van der Waals surface area contributed by atoms with Gasteiger partial charge in [-0.3, -0.25) is 9.59 Å². The predicted molar refractivity (Wildman–Crippen MR) is 54.2 cm³/mol. The second kappa shape index (κ2) is 4.04. The largest absolute Gasteiger partial charge is 0.481 e. The lowest BCUT2D eigenvalue weighted by molar-refractivity contribution is -0.152. The van der Waals surface area contributed by atoms with Gasteiger partial charge in [0.15, 0.2) is 0 Å². The minimum Gasteiger partial charge on any atom is -0.481 e. The SMILES string of the molecule is O=C(O)C1CCC1C(=O)NC1CC=CC1. The van der Waals surface area contributed by atoms with Crippen molar-refractivity contribution in [3.63, 3.8) is 0 Å². The molecule has 2 rings (SSSR count). The summed E-state index contributed by atoms with van der Waals surface area (Å²) in [6.45, 7) is 0. The van der Waals surface area contributed by atoms with Gasteiger partial charge in [-0.25, -0.2) is 0 Å². The molecule has 0 spiro atoms. The van der Waals surface area contributed by atoms with E-state index in [9.17, 15) is 9.59 Å². The number of carboxylic acids is 1. The van der Waals surface area contributed by atoms with E-state index < -0.39 is 11.9 Å². The van der Waals surface area contributed by atoms with Crippen LogP contribution in [-0.2, 0) is 9.59 Å². The van der Waals surface area contributed by atoms with Crippen molar-refractivity contribution < 1.29 is 14.7 Å². The summed E-state index contributed by atoms with van der Waals surface area (Å²) in [5.74, 6) is -1.68. The lowest BCUT2D eigenvalue weighted by Gasteiger charge is -2.32. The normalized spacial score (nSPS) is 29.9. The Morgan fingerprint density at radius 3 is 2.20 bits per heavy atom. The molecule has 82 valence electrons. The van der Waals surface area contributed by atoms with E-state index in [1.807, 2.05) is 12.2 Å². The molecule has 0 bridgehead atoms. The lowest BCUT2D eigenvalue weighted by atomic mass is 9.73. The van der Waals surface area contributed by atoms with Crippen molar-refractivity contribution in [2.45, 2.75) is 31.7 Å². The molecule has 0 aromatic carbocycles. The van der Waals surface area contributed by atoms with E-state index in [1.165, 1.54) is 0 Å². The van der Waals surface area contributed by atoms with E-state index in [4.69, 9.17) is 5.11 Å². The Morgan fingerprint density at radius 1 is 1.13 bits per heavy atom. The first-order valence-electron chi connectivity index (χ1n) is 5.36. The summed E-state index contributed by atoms with van der Waals surface area (Å²) < 4.78 is 0. The second-order valence-corrected chi connectivity index (χ2v) is 4.28. The zero-order valence-electron chi connectivity index (χ0n) is 8.48. The molecule has 0 aromatic rings. The molecule has 0 saturated heterocycles. The molecule has 0 radical (unpaired) electrons. The molecular formula is C11H15NO3. The van der Waals surface area contributed by atoms with Crippen LogP contribution in [0.2, 0.25) is 0 Å². The predicted octanol–water partition coefficient (Wildman–Crippen LogP) is 0.932. The van der Waals surface area contributed by atoms with Gasteiger partial charge >= 0.3 is 5.97 Å². The molecule has 1 saturated carbocycles.